The molecule has 2 aliphatic heterocycles. The minimum atomic E-state index is -0.267. The number of carbonyl (C=O) groups excluding carboxylic acids is 2. The molecule has 1 saturated heterocycles. The smallest absolute Gasteiger partial charge is 0.273 e. The summed E-state index contributed by atoms with van der Waals surface area (Å²) < 4.78 is 10.6. The van der Waals surface area contributed by atoms with Crippen molar-refractivity contribution in [3.8, 4) is 0 Å². The van der Waals surface area contributed by atoms with E-state index in [1.165, 1.54) is 17.4 Å². The standard InChI is InChI=1S/C22H28N4O4/c1-29-9-8-26-12-16(10-21(26)27)11-23-22(28)19-15-30-20(24-19)14-25-7-6-17-4-2-3-5-18(17)13-25/h2-5,15-16H,6-14H2,1H3,(H,23,28). The molecule has 1 unspecified atom stereocenters. The summed E-state index contributed by atoms with van der Waals surface area (Å²) in [7, 11) is 1.62. The first-order valence-corrected chi connectivity index (χ1v) is 10.4. The third-order valence-corrected chi connectivity index (χ3v) is 5.76. The summed E-state index contributed by atoms with van der Waals surface area (Å²) in [6.07, 6.45) is 2.86. The number of methoxy groups -OCH3 is 1. The second-order valence-electron chi connectivity index (χ2n) is 7.97. The van der Waals surface area contributed by atoms with Gasteiger partial charge in [-0.1, -0.05) is 24.3 Å². The number of oxazole rings is 1. The van der Waals surface area contributed by atoms with Crippen LogP contribution in [0.5, 0.6) is 0 Å². The van der Waals surface area contributed by atoms with Gasteiger partial charge in [0.15, 0.2) is 5.69 Å². The molecular weight excluding hydrogens is 384 g/mol. The highest BCUT2D eigenvalue weighted by Crippen LogP contribution is 2.20. The Hall–Kier alpha value is -2.71. The van der Waals surface area contributed by atoms with Gasteiger partial charge in [0.1, 0.15) is 6.26 Å². The number of carbonyl (C=O) groups is 2. The molecule has 160 valence electrons. The second kappa shape index (κ2) is 9.40. The topological polar surface area (TPSA) is 87.9 Å². The Morgan fingerprint density at radius 2 is 2.17 bits per heavy atom. The van der Waals surface area contributed by atoms with Gasteiger partial charge in [0, 0.05) is 52.2 Å². The number of benzene rings is 1. The predicted molar refractivity (Wildman–Crippen MR) is 110 cm³/mol. The lowest BCUT2D eigenvalue weighted by atomic mass is 10.00. The Morgan fingerprint density at radius 1 is 1.33 bits per heavy atom. The monoisotopic (exact) mass is 412 g/mol. The van der Waals surface area contributed by atoms with Crippen molar-refractivity contribution in [1.82, 2.24) is 20.1 Å². The highest BCUT2D eigenvalue weighted by molar-refractivity contribution is 5.92. The van der Waals surface area contributed by atoms with Crippen molar-refractivity contribution in [3.05, 3.63) is 53.2 Å². The van der Waals surface area contributed by atoms with Crippen LogP contribution in [-0.4, -0.2) is 66.5 Å². The summed E-state index contributed by atoms with van der Waals surface area (Å²) in [6, 6.07) is 8.46. The molecule has 30 heavy (non-hydrogen) atoms. The maximum Gasteiger partial charge on any atom is 0.273 e. The van der Waals surface area contributed by atoms with Crippen LogP contribution in [0.15, 0.2) is 34.9 Å². The van der Waals surface area contributed by atoms with Gasteiger partial charge in [-0.2, -0.15) is 0 Å². The summed E-state index contributed by atoms with van der Waals surface area (Å²) >= 11 is 0. The first-order chi connectivity index (χ1) is 14.6. The minimum Gasteiger partial charge on any atom is -0.447 e. The zero-order valence-corrected chi connectivity index (χ0v) is 17.3. The summed E-state index contributed by atoms with van der Waals surface area (Å²) in [6.45, 7) is 4.57. The Labute approximate surface area is 176 Å². The molecule has 1 atom stereocenters. The van der Waals surface area contributed by atoms with E-state index in [1.807, 2.05) is 0 Å². The third-order valence-electron chi connectivity index (χ3n) is 5.76. The SMILES string of the molecule is COCCN1CC(CNC(=O)c2coc(CN3CCc4ccccc4C3)n2)CC1=O. The molecule has 0 radical (unpaired) electrons. The van der Waals surface area contributed by atoms with Gasteiger partial charge in [-0.25, -0.2) is 4.98 Å². The number of ether oxygens (including phenoxy) is 1. The molecule has 0 bridgehead atoms. The molecule has 1 aromatic heterocycles. The fraction of sp³-hybridized carbons (Fsp3) is 0.500. The zero-order valence-electron chi connectivity index (χ0n) is 17.3. The normalized spacial score (nSPS) is 19.2. The van der Waals surface area contributed by atoms with Crippen molar-refractivity contribution < 1.29 is 18.7 Å². The lowest BCUT2D eigenvalue weighted by molar-refractivity contribution is -0.128. The van der Waals surface area contributed by atoms with Gasteiger partial charge in [0.2, 0.25) is 11.8 Å². The number of amides is 2. The van der Waals surface area contributed by atoms with Crippen molar-refractivity contribution in [2.75, 3.05) is 39.9 Å². The van der Waals surface area contributed by atoms with Crippen LogP contribution in [0.2, 0.25) is 0 Å². The lowest BCUT2D eigenvalue weighted by Gasteiger charge is -2.27. The molecule has 4 rings (SSSR count). The van der Waals surface area contributed by atoms with Gasteiger partial charge < -0.3 is 19.4 Å². The molecule has 1 fully saturated rings. The van der Waals surface area contributed by atoms with Gasteiger partial charge in [0.25, 0.3) is 5.91 Å². The molecular formula is C22H28N4O4. The molecule has 8 heteroatoms. The van der Waals surface area contributed by atoms with Gasteiger partial charge in [-0.15, -0.1) is 0 Å². The number of hydrogen-bond acceptors (Lipinski definition) is 6. The fourth-order valence-corrected chi connectivity index (χ4v) is 4.10. The van der Waals surface area contributed by atoms with Crippen LogP contribution in [0.1, 0.15) is 33.9 Å². The number of likely N-dealkylation sites (tertiary alicyclic amines) is 1. The number of hydrogen-bond donors (Lipinski definition) is 1. The summed E-state index contributed by atoms with van der Waals surface area (Å²) in [5.41, 5.74) is 3.01. The van der Waals surface area contributed by atoms with Crippen molar-refractivity contribution in [2.24, 2.45) is 5.92 Å². The number of nitrogens with zero attached hydrogens (tertiary/aromatic N) is 3. The molecule has 1 aromatic carbocycles. The largest absolute Gasteiger partial charge is 0.447 e. The second-order valence-corrected chi connectivity index (χ2v) is 7.97. The van der Waals surface area contributed by atoms with Gasteiger partial charge >= 0.3 is 0 Å². The average Bonchev–Trinajstić information content (AvgIpc) is 3.37. The van der Waals surface area contributed by atoms with Crippen LogP contribution in [0, 0.1) is 5.92 Å². The number of nitrogens with one attached hydrogen (secondary N) is 1. The van der Waals surface area contributed by atoms with Crippen molar-refractivity contribution in [1.29, 1.82) is 0 Å². The molecule has 2 aliphatic rings. The number of aromatic nitrogens is 1. The predicted octanol–water partition coefficient (Wildman–Crippen LogP) is 1.46. The Kier molecular flexibility index (Phi) is 6.44. The maximum atomic E-state index is 12.4. The fourth-order valence-electron chi connectivity index (χ4n) is 4.10. The molecule has 0 spiro atoms. The van der Waals surface area contributed by atoms with E-state index in [9.17, 15) is 9.59 Å². The van der Waals surface area contributed by atoms with E-state index in [0.717, 1.165) is 19.5 Å². The van der Waals surface area contributed by atoms with Crippen molar-refractivity contribution in [3.63, 3.8) is 0 Å². The summed E-state index contributed by atoms with van der Waals surface area (Å²) in [5, 5.41) is 2.88. The molecule has 3 heterocycles. The third kappa shape index (κ3) is 4.88. The van der Waals surface area contributed by atoms with Crippen LogP contribution in [0.4, 0.5) is 0 Å². The maximum absolute atomic E-state index is 12.4. The molecule has 2 amide bonds. The average molecular weight is 412 g/mol. The Morgan fingerprint density at radius 3 is 3.00 bits per heavy atom. The Bertz CT molecular complexity index is 897. The van der Waals surface area contributed by atoms with Crippen molar-refractivity contribution >= 4 is 11.8 Å². The van der Waals surface area contributed by atoms with E-state index >= 15 is 0 Å². The zero-order chi connectivity index (χ0) is 20.9. The van der Waals surface area contributed by atoms with Crippen LogP contribution < -0.4 is 5.32 Å². The molecule has 2 aromatic rings. The van der Waals surface area contributed by atoms with E-state index in [1.54, 1.807) is 12.0 Å². The lowest BCUT2D eigenvalue weighted by Crippen LogP contribution is -2.32. The van der Waals surface area contributed by atoms with Gasteiger partial charge in [-0.3, -0.25) is 14.5 Å². The van der Waals surface area contributed by atoms with E-state index in [-0.39, 0.29) is 23.4 Å². The van der Waals surface area contributed by atoms with E-state index in [2.05, 4.69) is 39.5 Å². The Balaban J connectivity index is 1.25. The summed E-state index contributed by atoms with van der Waals surface area (Å²) in [5.74, 6) is 0.495. The molecule has 0 saturated carbocycles. The minimum absolute atomic E-state index is 0.109. The first kappa shape index (κ1) is 20.6. The van der Waals surface area contributed by atoms with E-state index in [4.69, 9.17) is 9.15 Å². The van der Waals surface area contributed by atoms with Crippen LogP contribution >= 0.6 is 0 Å². The van der Waals surface area contributed by atoms with Crippen LogP contribution in [-0.2, 0) is 29.0 Å². The molecule has 1 N–H and O–H groups in total. The van der Waals surface area contributed by atoms with E-state index < -0.39 is 0 Å². The molecule has 8 nitrogen and oxygen atoms in total. The van der Waals surface area contributed by atoms with Gasteiger partial charge in [-0.05, 0) is 17.5 Å². The van der Waals surface area contributed by atoms with Crippen LogP contribution in [0.3, 0.4) is 0 Å². The quantitative estimate of drug-likeness (QED) is 0.706. The van der Waals surface area contributed by atoms with Gasteiger partial charge in [0.05, 0.1) is 13.2 Å². The highest BCUT2D eigenvalue weighted by atomic mass is 16.5. The molecule has 0 aliphatic carbocycles. The number of rotatable bonds is 8. The first-order valence-electron chi connectivity index (χ1n) is 10.4. The number of fused-ring (bicyclic) bond motifs is 1. The van der Waals surface area contributed by atoms with Crippen LogP contribution in [0.25, 0.3) is 0 Å². The van der Waals surface area contributed by atoms with E-state index in [0.29, 0.717) is 45.1 Å². The van der Waals surface area contributed by atoms with Crippen molar-refractivity contribution in [2.45, 2.75) is 25.9 Å². The highest BCUT2D eigenvalue weighted by Gasteiger charge is 2.29. The summed E-state index contributed by atoms with van der Waals surface area (Å²) in [4.78, 5) is 32.9.